The highest BCUT2D eigenvalue weighted by Crippen LogP contribution is 2.27. The number of nitrogen functional groups attached to an aromatic ring is 1. The molecule has 1 aromatic carbocycles. The summed E-state index contributed by atoms with van der Waals surface area (Å²) in [5.41, 5.74) is 8.47. The van der Waals surface area contributed by atoms with Crippen LogP contribution in [0.2, 0.25) is 0 Å². The molecule has 2 aromatic rings. The van der Waals surface area contributed by atoms with Gasteiger partial charge in [-0.15, -0.1) is 0 Å². The average Bonchev–Trinajstić information content (AvgIpc) is 2.58. The molecule has 1 aromatic heterocycles. The minimum absolute atomic E-state index is 0.0508. The van der Waals surface area contributed by atoms with E-state index in [9.17, 15) is 0 Å². The number of aromatic nitrogens is 2. The predicted octanol–water partition coefficient (Wildman–Crippen LogP) is 2.77. The second-order valence-corrected chi connectivity index (χ2v) is 4.40. The lowest BCUT2D eigenvalue weighted by Crippen LogP contribution is -1.96. The molecule has 0 bridgehead atoms. The van der Waals surface area contributed by atoms with Crippen LogP contribution in [0.4, 0.5) is 17.7 Å². The van der Waals surface area contributed by atoms with Crippen molar-refractivity contribution >= 4 is 33.6 Å². The highest BCUT2D eigenvalue weighted by molar-refractivity contribution is 9.10. The minimum Gasteiger partial charge on any atom is -0.389 e. The van der Waals surface area contributed by atoms with Crippen molar-refractivity contribution in [2.75, 3.05) is 11.1 Å². The zero-order valence-electron chi connectivity index (χ0n) is 8.91. The molecule has 0 unspecified atom stereocenters. The number of rotatable bonds is 2. The molecule has 0 spiro atoms. The Balaban J connectivity index is 2.34. The maximum Gasteiger partial charge on any atom is 0.321 e. The predicted molar refractivity (Wildman–Crippen MR) is 65.6 cm³/mol. The lowest BCUT2D eigenvalue weighted by atomic mass is 10.1. The number of halogens is 1. The molecule has 0 radical (unpaired) electrons. The lowest BCUT2D eigenvalue weighted by Gasteiger charge is -2.09. The number of hydrogen-bond acceptors (Lipinski definition) is 5. The number of nitrogens with zero attached hydrogens (tertiary/aromatic N) is 2. The Morgan fingerprint density at radius 2 is 1.88 bits per heavy atom. The Morgan fingerprint density at radius 3 is 2.38 bits per heavy atom. The first-order valence-corrected chi connectivity index (χ1v) is 5.48. The van der Waals surface area contributed by atoms with Gasteiger partial charge in [-0.05, 0) is 37.1 Å². The highest BCUT2D eigenvalue weighted by atomic mass is 79.9. The van der Waals surface area contributed by atoms with Gasteiger partial charge >= 0.3 is 12.0 Å². The van der Waals surface area contributed by atoms with Gasteiger partial charge in [-0.1, -0.05) is 26.1 Å². The minimum atomic E-state index is 0.0508. The molecule has 5 nitrogen and oxygen atoms in total. The van der Waals surface area contributed by atoms with Crippen LogP contribution in [0, 0.1) is 13.8 Å². The third-order valence-electron chi connectivity index (χ3n) is 2.17. The summed E-state index contributed by atoms with van der Waals surface area (Å²) in [5, 5.41) is 10.4. The second kappa shape index (κ2) is 4.13. The van der Waals surface area contributed by atoms with Crippen LogP contribution in [0.1, 0.15) is 11.1 Å². The van der Waals surface area contributed by atoms with Crippen molar-refractivity contribution in [1.29, 1.82) is 0 Å². The van der Waals surface area contributed by atoms with Gasteiger partial charge in [0.2, 0.25) is 0 Å². The van der Waals surface area contributed by atoms with Crippen molar-refractivity contribution in [3.63, 3.8) is 0 Å². The van der Waals surface area contributed by atoms with E-state index in [0.29, 0.717) is 6.01 Å². The van der Waals surface area contributed by atoms with Gasteiger partial charge in [0.1, 0.15) is 0 Å². The molecule has 0 saturated heterocycles. The molecule has 0 saturated carbocycles. The molecule has 0 aliphatic carbocycles. The van der Waals surface area contributed by atoms with Crippen molar-refractivity contribution in [2.45, 2.75) is 13.8 Å². The maximum absolute atomic E-state index is 5.34. The summed E-state index contributed by atoms with van der Waals surface area (Å²) in [6.45, 7) is 4.00. The van der Waals surface area contributed by atoms with Crippen molar-refractivity contribution in [2.24, 2.45) is 0 Å². The fraction of sp³-hybridized carbons (Fsp3) is 0.200. The number of hydrogen-bond donors (Lipinski definition) is 2. The van der Waals surface area contributed by atoms with Crippen LogP contribution >= 0.6 is 15.9 Å². The Labute approximate surface area is 101 Å². The highest BCUT2D eigenvalue weighted by Gasteiger charge is 2.08. The largest absolute Gasteiger partial charge is 0.389 e. The first kappa shape index (κ1) is 10.9. The van der Waals surface area contributed by atoms with Gasteiger partial charge in [0, 0.05) is 10.2 Å². The topological polar surface area (TPSA) is 77.0 Å². The first-order chi connectivity index (χ1) is 7.56. The number of aryl methyl sites for hydroxylation is 2. The van der Waals surface area contributed by atoms with E-state index in [1.165, 1.54) is 0 Å². The molecule has 16 heavy (non-hydrogen) atoms. The molecule has 84 valence electrons. The van der Waals surface area contributed by atoms with Gasteiger partial charge in [0.15, 0.2) is 0 Å². The van der Waals surface area contributed by atoms with E-state index in [2.05, 4.69) is 31.4 Å². The summed E-state index contributed by atoms with van der Waals surface area (Å²) in [6.07, 6.45) is 0. The lowest BCUT2D eigenvalue weighted by molar-refractivity contribution is 0.593. The summed E-state index contributed by atoms with van der Waals surface area (Å²) in [4.78, 5) is 0. The number of nitrogens with one attached hydrogen (secondary N) is 1. The monoisotopic (exact) mass is 282 g/mol. The second-order valence-electron chi connectivity index (χ2n) is 3.49. The number of nitrogens with two attached hydrogens (primary N) is 1. The Hall–Kier alpha value is -1.56. The summed E-state index contributed by atoms with van der Waals surface area (Å²) in [5.74, 6) is 0. The van der Waals surface area contributed by atoms with Gasteiger partial charge in [0.25, 0.3) is 0 Å². The summed E-state index contributed by atoms with van der Waals surface area (Å²) in [7, 11) is 0. The fourth-order valence-electron chi connectivity index (χ4n) is 1.50. The summed E-state index contributed by atoms with van der Waals surface area (Å²) >= 11 is 3.44. The van der Waals surface area contributed by atoms with Gasteiger partial charge in [-0.25, -0.2) is 0 Å². The van der Waals surface area contributed by atoms with Gasteiger partial charge < -0.3 is 15.5 Å². The SMILES string of the molecule is Cc1cc(Br)cc(C)c1Nc1nnc(N)o1. The zero-order chi connectivity index (χ0) is 11.7. The Morgan fingerprint density at radius 1 is 1.25 bits per heavy atom. The third-order valence-corrected chi connectivity index (χ3v) is 2.63. The fourth-order valence-corrected chi connectivity index (χ4v) is 2.19. The van der Waals surface area contributed by atoms with Crippen LogP contribution in [0.3, 0.4) is 0 Å². The molecule has 0 amide bonds. The van der Waals surface area contributed by atoms with E-state index in [0.717, 1.165) is 21.3 Å². The maximum atomic E-state index is 5.34. The molecule has 0 fully saturated rings. The molecule has 6 heteroatoms. The quantitative estimate of drug-likeness (QED) is 0.886. The molecule has 0 aliphatic rings. The van der Waals surface area contributed by atoms with Crippen LogP contribution in [-0.4, -0.2) is 10.2 Å². The summed E-state index contributed by atoms with van der Waals surface area (Å²) in [6, 6.07) is 4.37. The Kier molecular flexibility index (Phi) is 2.82. The molecule has 2 rings (SSSR count). The van der Waals surface area contributed by atoms with E-state index in [-0.39, 0.29) is 6.01 Å². The van der Waals surface area contributed by atoms with Crippen LogP contribution in [0.25, 0.3) is 0 Å². The number of benzene rings is 1. The molecule has 0 atom stereocenters. The van der Waals surface area contributed by atoms with Crippen molar-refractivity contribution in [3.8, 4) is 0 Å². The van der Waals surface area contributed by atoms with Crippen LogP contribution in [0.15, 0.2) is 21.0 Å². The van der Waals surface area contributed by atoms with Crippen LogP contribution in [-0.2, 0) is 0 Å². The van der Waals surface area contributed by atoms with Gasteiger partial charge in [-0.2, -0.15) is 0 Å². The van der Waals surface area contributed by atoms with E-state index in [4.69, 9.17) is 10.2 Å². The van der Waals surface area contributed by atoms with Crippen molar-refractivity contribution in [1.82, 2.24) is 10.2 Å². The van der Waals surface area contributed by atoms with Gasteiger partial charge in [0.05, 0.1) is 0 Å². The van der Waals surface area contributed by atoms with Crippen LogP contribution in [0.5, 0.6) is 0 Å². The van der Waals surface area contributed by atoms with Crippen molar-refractivity contribution < 1.29 is 4.42 Å². The van der Waals surface area contributed by atoms with E-state index >= 15 is 0 Å². The van der Waals surface area contributed by atoms with E-state index in [1.807, 2.05) is 26.0 Å². The normalized spacial score (nSPS) is 10.4. The molecule has 1 heterocycles. The van der Waals surface area contributed by atoms with E-state index in [1.54, 1.807) is 0 Å². The summed E-state index contributed by atoms with van der Waals surface area (Å²) < 4.78 is 6.10. The average molecular weight is 283 g/mol. The first-order valence-electron chi connectivity index (χ1n) is 4.69. The van der Waals surface area contributed by atoms with Crippen LogP contribution < -0.4 is 11.1 Å². The number of anilines is 3. The molecule has 0 aliphatic heterocycles. The zero-order valence-corrected chi connectivity index (χ0v) is 10.5. The van der Waals surface area contributed by atoms with E-state index < -0.39 is 0 Å². The van der Waals surface area contributed by atoms with Gasteiger partial charge in [-0.3, -0.25) is 0 Å². The smallest absolute Gasteiger partial charge is 0.321 e. The Bertz CT molecular complexity index is 500. The molecule has 3 N–H and O–H groups in total. The van der Waals surface area contributed by atoms with Crippen molar-refractivity contribution in [3.05, 3.63) is 27.7 Å². The standard InChI is InChI=1S/C10H11BrN4O/c1-5-3-7(11)4-6(2)8(5)13-10-15-14-9(12)16-10/h3-4H,1-2H3,(H2,12,14)(H,13,15). The third kappa shape index (κ3) is 2.16. The molecular formula is C10H11BrN4O. The molecular weight excluding hydrogens is 272 g/mol.